The Morgan fingerprint density at radius 3 is 2.60 bits per heavy atom. The molecule has 0 aliphatic carbocycles. The molecule has 2 amide bonds. The molecule has 0 saturated carbocycles. The topological polar surface area (TPSA) is 49.4 Å². The normalized spacial score (nSPS) is 15.8. The zero-order valence-corrected chi connectivity index (χ0v) is 8.80. The lowest BCUT2D eigenvalue weighted by Gasteiger charge is -2.13. The third kappa shape index (κ3) is 1.61. The molecule has 0 spiro atoms. The predicted octanol–water partition coefficient (Wildman–Crippen LogP) is 0.743. The summed E-state index contributed by atoms with van der Waals surface area (Å²) in [6.07, 6.45) is 0. The summed E-state index contributed by atoms with van der Waals surface area (Å²) in [4.78, 5) is 23.7. The van der Waals surface area contributed by atoms with E-state index in [1.807, 2.05) is 19.1 Å². The maximum atomic E-state index is 11.5. The van der Waals surface area contributed by atoms with Crippen LogP contribution in [0.25, 0.3) is 0 Å². The number of carbonyl (C=O) groups excluding carboxylic acids is 2. The van der Waals surface area contributed by atoms with Crippen molar-refractivity contribution in [3.63, 3.8) is 0 Å². The third-order valence-corrected chi connectivity index (χ3v) is 2.37. The molecule has 0 radical (unpaired) electrons. The summed E-state index contributed by atoms with van der Waals surface area (Å²) in [5.74, 6) is -1.31. The van der Waals surface area contributed by atoms with Gasteiger partial charge < -0.3 is 0 Å². The molecule has 0 unspecified atom stereocenters. The minimum atomic E-state index is -0.679. The van der Waals surface area contributed by atoms with E-state index in [2.05, 4.69) is 5.32 Å². The van der Waals surface area contributed by atoms with Crippen molar-refractivity contribution in [2.24, 2.45) is 0 Å². The van der Waals surface area contributed by atoms with Crippen LogP contribution in [0.3, 0.4) is 0 Å². The Bertz CT molecular complexity index is 470. The molecule has 5 heteroatoms. The van der Waals surface area contributed by atoms with Crippen molar-refractivity contribution in [2.75, 3.05) is 4.90 Å². The van der Waals surface area contributed by atoms with E-state index in [4.69, 9.17) is 12.2 Å². The van der Waals surface area contributed by atoms with Crippen molar-refractivity contribution in [3.05, 3.63) is 29.8 Å². The average Bonchev–Trinajstić information content (AvgIpc) is 2.41. The van der Waals surface area contributed by atoms with Gasteiger partial charge in [-0.3, -0.25) is 14.9 Å². The van der Waals surface area contributed by atoms with E-state index in [0.717, 1.165) is 5.56 Å². The minimum absolute atomic E-state index is 0.135. The summed E-state index contributed by atoms with van der Waals surface area (Å²) in [5, 5.41) is 2.44. The molecule has 15 heavy (non-hydrogen) atoms. The Balaban J connectivity index is 2.43. The molecular formula is C10H8N2O2S. The fourth-order valence-corrected chi connectivity index (χ4v) is 1.68. The molecule has 1 N–H and O–H groups in total. The van der Waals surface area contributed by atoms with Gasteiger partial charge in [-0.15, -0.1) is 0 Å². The second-order valence-corrected chi connectivity index (χ2v) is 3.63. The van der Waals surface area contributed by atoms with E-state index in [0.29, 0.717) is 5.69 Å². The van der Waals surface area contributed by atoms with Gasteiger partial charge in [0.15, 0.2) is 5.11 Å². The highest BCUT2D eigenvalue weighted by molar-refractivity contribution is 7.80. The van der Waals surface area contributed by atoms with Crippen molar-refractivity contribution in [3.8, 4) is 0 Å². The van der Waals surface area contributed by atoms with E-state index in [-0.39, 0.29) is 5.11 Å². The lowest BCUT2D eigenvalue weighted by molar-refractivity contribution is -0.134. The van der Waals surface area contributed by atoms with Gasteiger partial charge in [0.1, 0.15) is 0 Å². The molecule has 76 valence electrons. The maximum Gasteiger partial charge on any atom is 0.323 e. The van der Waals surface area contributed by atoms with Crippen LogP contribution in [-0.4, -0.2) is 16.9 Å². The summed E-state index contributed by atoms with van der Waals surface area (Å²) < 4.78 is 0. The van der Waals surface area contributed by atoms with E-state index in [9.17, 15) is 9.59 Å². The molecular weight excluding hydrogens is 212 g/mol. The van der Waals surface area contributed by atoms with Gasteiger partial charge in [0.2, 0.25) is 0 Å². The first-order valence-corrected chi connectivity index (χ1v) is 4.76. The molecule has 2 rings (SSSR count). The number of nitrogens with zero attached hydrogens (tertiary/aromatic N) is 1. The summed E-state index contributed by atoms with van der Waals surface area (Å²) in [7, 11) is 0. The highest BCUT2D eigenvalue weighted by atomic mass is 32.1. The van der Waals surface area contributed by atoms with Crippen LogP contribution in [0.15, 0.2) is 24.3 Å². The monoisotopic (exact) mass is 220 g/mol. The summed E-state index contributed by atoms with van der Waals surface area (Å²) in [6, 6.07) is 7.24. The number of hydrogen-bond acceptors (Lipinski definition) is 3. The van der Waals surface area contributed by atoms with Gasteiger partial charge in [0, 0.05) is 0 Å². The third-order valence-electron chi connectivity index (χ3n) is 2.08. The van der Waals surface area contributed by atoms with Crippen LogP contribution < -0.4 is 10.2 Å². The highest BCUT2D eigenvalue weighted by Crippen LogP contribution is 2.18. The lowest BCUT2D eigenvalue weighted by Crippen LogP contribution is -2.30. The molecule has 1 fully saturated rings. The van der Waals surface area contributed by atoms with Gasteiger partial charge in [-0.05, 0) is 36.8 Å². The molecule has 0 aromatic heterocycles. The molecule has 0 atom stereocenters. The van der Waals surface area contributed by atoms with Crippen LogP contribution in [-0.2, 0) is 9.59 Å². The largest absolute Gasteiger partial charge is 0.323 e. The van der Waals surface area contributed by atoms with Crippen LogP contribution >= 0.6 is 12.2 Å². The van der Waals surface area contributed by atoms with E-state index < -0.39 is 11.8 Å². The Labute approximate surface area is 91.9 Å². The first-order chi connectivity index (χ1) is 7.09. The van der Waals surface area contributed by atoms with Crippen molar-refractivity contribution < 1.29 is 9.59 Å². The van der Waals surface area contributed by atoms with E-state index >= 15 is 0 Å². The number of amides is 2. The molecule has 1 aliphatic rings. The standard InChI is InChI=1S/C10H8N2O2S/c1-6-3-2-4-7(5-6)12-9(14)8(13)11-10(12)15/h2-5H,1H3,(H,11,13,15). The fraction of sp³-hybridized carbons (Fsp3) is 0.100. The van der Waals surface area contributed by atoms with Crippen LogP contribution in [0, 0.1) is 6.92 Å². The lowest BCUT2D eigenvalue weighted by atomic mass is 10.2. The number of aryl methyl sites for hydroxylation is 1. The first-order valence-electron chi connectivity index (χ1n) is 4.35. The summed E-state index contributed by atoms with van der Waals surface area (Å²) in [5.41, 5.74) is 1.62. The maximum absolute atomic E-state index is 11.5. The van der Waals surface area contributed by atoms with Crippen LogP contribution in [0.1, 0.15) is 5.56 Å². The summed E-state index contributed by atoms with van der Waals surface area (Å²) >= 11 is 4.89. The number of carbonyl (C=O) groups is 2. The SMILES string of the molecule is Cc1cccc(N2C(=O)C(=O)NC2=S)c1. The Morgan fingerprint density at radius 2 is 2.07 bits per heavy atom. The van der Waals surface area contributed by atoms with Gasteiger partial charge >= 0.3 is 11.8 Å². The Hall–Kier alpha value is -1.75. The minimum Gasteiger partial charge on any atom is -0.294 e. The second-order valence-electron chi connectivity index (χ2n) is 3.24. The number of nitrogens with one attached hydrogen (secondary N) is 1. The van der Waals surface area contributed by atoms with Gasteiger partial charge in [0.25, 0.3) is 0 Å². The fourth-order valence-electron chi connectivity index (χ4n) is 1.40. The Morgan fingerprint density at radius 1 is 1.33 bits per heavy atom. The number of rotatable bonds is 1. The quantitative estimate of drug-likeness (QED) is 0.561. The van der Waals surface area contributed by atoms with Gasteiger partial charge in [0.05, 0.1) is 5.69 Å². The van der Waals surface area contributed by atoms with Crippen molar-refractivity contribution >= 4 is 34.8 Å². The zero-order valence-electron chi connectivity index (χ0n) is 7.98. The second kappa shape index (κ2) is 3.43. The molecule has 4 nitrogen and oxygen atoms in total. The van der Waals surface area contributed by atoms with Gasteiger partial charge in [-0.1, -0.05) is 12.1 Å². The molecule has 0 bridgehead atoms. The number of anilines is 1. The average molecular weight is 220 g/mol. The molecule has 1 saturated heterocycles. The van der Waals surface area contributed by atoms with E-state index in [1.165, 1.54) is 4.90 Å². The van der Waals surface area contributed by atoms with E-state index in [1.54, 1.807) is 12.1 Å². The first kappa shape index (κ1) is 9.79. The predicted molar refractivity (Wildman–Crippen MR) is 59.4 cm³/mol. The van der Waals surface area contributed by atoms with Crippen LogP contribution in [0.2, 0.25) is 0 Å². The van der Waals surface area contributed by atoms with Crippen LogP contribution in [0.5, 0.6) is 0 Å². The van der Waals surface area contributed by atoms with Crippen molar-refractivity contribution in [1.82, 2.24) is 5.32 Å². The van der Waals surface area contributed by atoms with Gasteiger partial charge in [-0.2, -0.15) is 0 Å². The zero-order chi connectivity index (χ0) is 11.0. The summed E-state index contributed by atoms with van der Waals surface area (Å²) in [6.45, 7) is 1.91. The van der Waals surface area contributed by atoms with Crippen molar-refractivity contribution in [2.45, 2.75) is 6.92 Å². The molecule has 1 aromatic rings. The highest BCUT2D eigenvalue weighted by Gasteiger charge is 2.34. The number of hydrogen-bond donors (Lipinski definition) is 1. The smallest absolute Gasteiger partial charge is 0.294 e. The van der Waals surface area contributed by atoms with Crippen LogP contribution in [0.4, 0.5) is 5.69 Å². The molecule has 1 aliphatic heterocycles. The number of thiocarbonyl (C=S) groups is 1. The van der Waals surface area contributed by atoms with Gasteiger partial charge in [-0.25, -0.2) is 4.90 Å². The molecule has 1 heterocycles. The Kier molecular flexibility index (Phi) is 2.24. The van der Waals surface area contributed by atoms with Crippen molar-refractivity contribution in [1.29, 1.82) is 0 Å². The molecule has 1 aromatic carbocycles. The number of benzene rings is 1.